The Morgan fingerprint density at radius 1 is 0.577 bits per heavy atom. The summed E-state index contributed by atoms with van der Waals surface area (Å²) in [6, 6.07) is 31.6. The summed E-state index contributed by atoms with van der Waals surface area (Å²) in [6.07, 6.45) is 0. The molecule has 0 fully saturated rings. The minimum absolute atomic E-state index is 0.931. The van der Waals surface area contributed by atoms with Crippen molar-refractivity contribution in [2.45, 2.75) is 0 Å². The number of para-hydroxylation sites is 2. The van der Waals surface area contributed by atoms with Gasteiger partial charge in [-0.25, -0.2) is 0 Å². The lowest BCUT2D eigenvalue weighted by Gasteiger charge is -2.06. The molecule has 1 nitrogen and oxygen atoms in total. The van der Waals surface area contributed by atoms with E-state index >= 15 is 0 Å². The van der Waals surface area contributed by atoms with Gasteiger partial charge in [0.2, 0.25) is 0 Å². The molecule has 0 aliphatic carbocycles. The Bertz CT molecular complexity index is 1230. The molecule has 0 saturated carbocycles. The Labute approximate surface area is 160 Å². The summed E-state index contributed by atoms with van der Waals surface area (Å²) in [7, 11) is 0. The van der Waals surface area contributed by atoms with Gasteiger partial charge in [-0.05, 0) is 34.9 Å². The van der Waals surface area contributed by atoms with Gasteiger partial charge < -0.3 is 4.42 Å². The zero-order valence-electron chi connectivity index (χ0n) is 13.9. The molecule has 0 unspecified atom stereocenters. The summed E-state index contributed by atoms with van der Waals surface area (Å²) in [5, 5.41) is 2.32. The first-order valence-corrected chi connectivity index (χ1v) is 9.35. The van der Waals surface area contributed by atoms with Crippen molar-refractivity contribution < 1.29 is 4.42 Å². The fourth-order valence-corrected chi connectivity index (χ4v) is 3.88. The highest BCUT2D eigenvalue weighted by Gasteiger charge is 2.11. The first-order valence-electron chi connectivity index (χ1n) is 8.56. The van der Waals surface area contributed by atoms with Crippen molar-refractivity contribution in [3.63, 3.8) is 0 Å². The third-order valence-electron chi connectivity index (χ3n) is 4.76. The molecule has 26 heavy (non-hydrogen) atoms. The van der Waals surface area contributed by atoms with Gasteiger partial charge in [0, 0.05) is 20.8 Å². The topological polar surface area (TPSA) is 13.1 Å². The average Bonchev–Trinajstić information content (AvgIpc) is 3.07. The standard InChI is InChI=1S/C24H15BrO/c25-19-6-3-5-18(15-19)16-11-13-17(14-12-16)20-8-4-9-22-21-7-1-2-10-23(21)26-24(20)22/h1-15H. The lowest BCUT2D eigenvalue weighted by Crippen LogP contribution is -1.81. The van der Waals surface area contributed by atoms with E-state index in [1.165, 1.54) is 11.1 Å². The maximum absolute atomic E-state index is 6.16. The molecule has 0 atom stereocenters. The molecule has 124 valence electrons. The molecule has 0 radical (unpaired) electrons. The zero-order chi connectivity index (χ0) is 17.5. The molecule has 1 aromatic heterocycles. The first kappa shape index (κ1) is 15.4. The summed E-state index contributed by atoms with van der Waals surface area (Å²) in [6.45, 7) is 0. The van der Waals surface area contributed by atoms with Crippen LogP contribution in [0.25, 0.3) is 44.2 Å². The van der Waals surface area contributed by atoms with Gasteiger partial charge in [-0.2, -0.15) is 0 Å². The number of rotatable bonds is 2. The first-order chi connectivity index (χ1) is 12.8. The van der Waals surface area contributed by atoms with Crippen LogP contribution in [0, 0.1) is 0 Å². The third kappa shape index (κ3) is 2.54. The van der Waals surface area contributed by atoms with Crippen molar-refractivity contribution in [2.75, 3.05) is 0 Å². The number of halogens is 1. The number of fused-ring (bicyclic) bond motifs is 3. The molecule has 0 spiro atoms. The van der Waals surface area contributed by atoms with E-state index in [1.807, 2.05) is 18.2 Å². The van der Waals surface area contributed by atoms with Crippen LogP contribution in [0.1, 0.15) is 0 Å². The second kappa shape index (κ2) is 6.15. The average molecular weight is 399 g/mol. The van der Waals surface area contributed by atoms with Crippen LogP contribution >= 0.6 is 15.9 Å². The molecule has 0 aliphatic heterocycles. The van der Waals surface area contributed by atoms with Crippen molar-refractivity contribution in [3.8, 4) is 22.3 Å². The quantitative estimate of drug-likeness (QED) is 0.297. The fourth-order valence-electron chi connectivity index (χ4n) is 3.48. The van der Waals surface area contributed by atoms with Crippen molar-refractivity contribution >= 4 is 37.9 Å². The van der Waals surface area contributed by atoms with Crippen molar-refractivity contribution in [1.82, 2.24) is 0 Å². The van der Waals surface area contributed by atoms with E-state index in [0.29, 0.717) is 0 Å². The van der Waals surface area contributed by atoms with E-state index in [4.69, 9.17) is 4.42 Å². The molecule has 0 saturated heterocycles. The normalized spacial score (nSPS) is 11.3. The highest BCUT2D eigenvalue weighted by atomic mass is 79.9. The Kier molecular flexibility index (Phi) is 3.65. The van der Waals surface area contributed by atoms with E-state index in [2.05, 4.69) is 88.7 Å². The lowest BCUT2D eigenvalue weighted by atomic mass is 9.99. The minimum Gasteiger partial charge on any atom is -0.455 e. The van der Waals surface area contributed by atoms with Gasteiger partial charge >= 0.3 is 0 Å². The van der Waals surface area contributed by atoms with Crippen molar-refractivity contribution in [3.05, 3.63) is 95.5 Å². The second-order valence-electron chi connectivity index (χ2n) is 6.37. The Morgan fingerprint density at radius 3 is 2.15 bits per heavy atom. The van der Waals surface area contributed by atoms with E-state index < -0.39 is 0 Å². The van der Waals surface area contributed by atoms with Crippen molar-refractivity contribution in [2.24, 2.45) is 0 Å². The third-order valence-corrected chi connectivity index (χ3v) is 5.25. The molecule has 5 rings (SSSR count). The Hall–Kier alpha value is -2.84. The van der Waals surface area contributed by atoms with Crippen LogP contribution in [0.4, 0.5) is 0 Å². The molecule has 4 aromatic carbocycles. The predicted octanol–water partition coefficient (Wildman–Crippen LogP) is 7.68. The van der Waals surface area contributed by atoms with E-state index in [9.17, 15) is 0 Å². The smallest absolute Gasteiger partial charge is 0.143 e. The van der Waals surface area contributed by atoms with Gasteiger partial charge in [-0.15, -0.1) is 0 Å². The largest absolute Gasteiger partial charge is 0.455 e. The zero-order valence-corrected chi connectivity index (χ0v) is 15.5. The fraction of sp³-hybridized carbons (Fsp3) is 0. The maximum atomic E-state index is 6.16. The predicted molar refractivity (Wildman–Crippen MR) is 112 cm³/mol. The molecular formula is C24H15BrO. The van der Waals surface area contributed by atoms with Gasteiger partial charge in [0.1, 0.15) is 11.2 Å². The monoisotopic (exact) mass is 398 g/mol. The van der Waals surface area contributed by atoms with E-state index in [-0.39, 0.29) is 0 Å². The number of benzene rings is 4. The van der Waals surface area contributed by atoms with Crippen LogP contribution in [0.3, 0.4) is 0 Å². The molecular weight excluding hydrogens is 384 g/mol. The Morgan fingerprint density at radius 2 is 1.31 bits per heavy atom. The lowest BCUT2D eigenvalue weighted by molar-refractivity contribution is 0.670. The van der Waals surface area contributed by atoms with Gasteiger partial charge in [0.15, 0.2) is 0 Å². The van der Waals surface area contributed by atoms with E-state index in [1.54, 1.807) is 0 Å². The highest BCUT2D eigenvalue weighted by molar-refractivity contribution is 9.10. The number of hydrogen-bond acceptors (Lipinski definition) is 1. The molecule has 0 N–H and O–H groups in total. The number of hydrogen-bond donors (Lipinski definition) is 0. The summed E-state index contributed by atoms with van der Waals surface area (Å²) in [5.41, 5.74) is 6.57. The minimum atomic E-state index is 0.931. The van der Waals surface area contributed by atoms with Crippen LogP contribution in [0.2, 0.25) is 0 Å². The maximum Gasteiger partial charge on any atom is 0.143 e. The van der Waals surface area contributed by atoms with Gasteiger partial charge in [0.05, 0.1) is 0 Å². The second-order valence-corrected chi connectivity index (χ2v) is 7.28. The Balaban J connectivity index is 1.64. The van der Waals surface area contributed by atoms with Crippen LogP contribution in [0.5, 0.6) is 0 Å². The molecule has 5 aromatic rings. The summed E-state index contributed by atoms with van der Waals surface area (Å²) in [5.74, 6) is 0. The van der Waals surface area contributed by atoms with Crippen LogP contribution in [-0.2, 0) is 0 Å². The molecule has 0 bridgehead atoms. The van der Waals surface area contributed by atoms with E-state index in [0.717, 1.165) is 37.5 Å². The molecule has 0 aliphatic rings. The highest BCUT2D eigenvalue weighted by Crippen LogP contribution is 2.36. The van der Waals surface area contributed by atoms with Gasteiger partial charge in [0.25, 0.3) is 0 Å². The molecule has 2 heteroatoms. The van der Waals surface area contributed by atoms with Crippen LogP contribution in [-0.4, -0.2) is 0 Å². The molecule has 0 amide bonds. The SMILES string of the molecule is Brc1cccc(-c2ccc(-c3cccc4c3oc3ccccc34)cc2)c1. The van der Waals surface area contributed by atoms with Gasteiger partial charge in [-0.3, -0.25) is 0 Å². The molecule has 1 heterocycles. The summed E-state index contributed by atoms with van der Waals surface area (Å²) in [4.78, 5) is 0. The summed E-state index contributed by atoms with van der Waals surface area (Å²) < 4.78 is 7.25. The van der Waals surface area contributed by atoms with Gasteiger partial charge in [-0.1, -0.05) is 88.7 Å². The summed E-state index contributed by atoms with van der Waals surface area (Å²) >= 11 is 3.54. The van der Waals surface area contributed by atoms with Crippen molar-refractivity contribution in [1.29, 1.82) is 0 Å². The van der Waals surface area contributed by atoms with Crippen LogP contribution < -0.4 is 0 Å². The number of furan rings is 1. The van der Waals surface area contributed by atoms with Crippen LogP contribution in [0.15, 0.2) is 99.9 Å².